The van der Waals surface area contributed by atoms with Gasteiger partial charge in [-0.2, -0.15) is 0 Å². The summed E-state index contributed by atoms with van der Waals surface area (Å²) in [6, 6.07) is 22.8. The molecule has 36 heavy (non-hydrogen) atoms. The average Bonchev–Trinajstić information content (AvgIpc) is 2.84. The van der Waals surface area contributed by atoms with Gasteiger partial charge in [0, 0.05) is 38.6 Å². The van der Waals surface area contributed by atoms with Gasteiger partial charge in [0.1, 0.15) is 0 Å². The summed E-state index contributed by atoms with van der Waals surface area (Å²) in [6.45, 7) is 7.39. The molecule has 3 aromatic rings. The molecule has 1 atom stereocenters. The first-order valence-corrected chi connectivity index (χ1v) is 12.8. The van der Waals surface area contributed by atoms with Crippen LogP contribution in [-0.4, -0.2) is 37.4 Å². The monoisotopic (exact) mass is 505 g/mol. The van der Waals surface area contributed by atoms with Crippen LogP contribution in [0.1, 0.15) is 54.6 Å². The summed E-state index contributed by atoms with van der Waals surface area (Å²) >= 11 is 6.22. The molecule has 6 heteroatoms. The lowest BCUT2D eigenvalue weighted by atomic mass is 9.94. The topological polar surface area (TPSA) is 52.7 Å². The van der Waals surface area contributed by atoms with E-state index in [1.54, 1.807) is 24.3 Å². The molecule has 0 bridgehead atoms. The van der Waals surface area contributed by atoms with E-state index in [1.807, 2.05) is 72.4 Å². The van der Waals surface area contributed by atoms with E-state index in [-0.39, 0.29) is 17.7 Å². The van der Waals surface area contributed by atoms with Crippen LogP contribution in [0.25, 0.3) is 0 Å². The Morgan fingerprint density at radius 3 is 2.22 bits per heavy atom. The van der Waals surface area contributed by atoms with Crippen molar-refractivity contribution in [1.82, 2.24) is 4.90 Å². The largest absolute Gasteiger partial charge is 0.377 e. The zero-order valence-corrected chi connectivity index (χ0v) is 22.5. The van der Waals surface area contributed by atoms with Gasteiger partial charge >= 0.3 is 0 Å². The number of benzene rings is 3. The summed E-state index contributed by atoms with van der Waals surface area (Å²) in [5.74, 6) is -0.0361. The molecule has 0 saturated heterocycles. The lowest BCUT2D eigenvalue weighted by Gasteiger charge is -2.30. The Morgan fingerprint density at radius 1 is 0.944 bits per heavy atom. The third kappa shape index (κ3) is 6.88. The van der Waals surface area contributed by atoms with E-state index in [0.717, 1.165) is 23.2 Å². The molecule has 0 heterocycles. The molecular formula is C30H36ClN3O2. The number of amides is 2. The molecule has 1 N–H and O–H groups in total. The van der Waals surface area contributed by atoms with Crippen LogP contribution in [0.4, 0.5) is 11.4 Å². The van der Waals surface area contributed by atoms with Crippen LogP contribution in [0, 0.1) is 5.92 Å². The van der Waals surface area contributed by atoms with E-state index in [4.69, 9.17) is 11.6 Å². The molecule has 0 radical (unpaired) electrons. The van der Waals surface area contributed by atoms with Crippen molar-refractivity contribution in [3.05, 3.63) is 94.5 Å². The minimum absolute atomic E-state index is 0.118. The molecule has 0 saturated carbocycles. The zero-order valence-electron chi connectivity index (χ0n) is 21.8. The molecule has 0 spiro atoms. The minimum Gasteiger partial charge on any atom is -0.377 e. The number of nitrogens with zero attached hydrogens (tertiary/aromatic N) is 2. The highest BCUT2D eigenvalue weighted by atomic mass is 35.5. The minimum atomic E-state index is -0.269. The lowest BCUT2D eigenvalue weighted by molar-refractivity contribution is -0.134. The van der Waals surface area contributed by atoms with Gasteiger partial charge in [0.2, 0.25) is 5.91 Å². The van der Waals surface area contributed by atoms with Crippen molar-refractivity contribution >= 4 is 34.8 Å². The number of nitrogens with one attached hydrogen (secondary N) is 1. The third-order valence-electron chi connectivity index (χ3n) is 6.10. The predicted octanol–water partition coefficient (Wildman–Crippen LogP) is 6.84. The molecular weight excluding hydrogens is 470 g/mol. The Balaban J connectivity index is 1.92. The first-order chi connectivity index (χ1) is 17.2. The van der Waals surface area contributed by atoms with E-state index < -0.39 is 0 Å². The van der Waals surface area contributed by atoms with Crippen molar-refractivity contribution in [2.24, 2.45) is 5.92 Å². The molecule has 0 aliphatic rings. The van der Waals surface area contributed by atoms with Crippen molar-refractivity contribution < 1.29 is 9.59 Å². The van der Waals surface area contributed by atoms with Crippen LogP contribution in [0.2, 0.25) is 5.02 Å². The van der Waals surface area contributed by atoms with Gasteiger partial charge in [0.25, 0.3) is 5.91 Å². The Morgan fingerprint density at radius 2 is 1.61 bits per heavy atom. The maximum atomic E-state index is 13.8. The van der Waals surface area contributed by atoms with E-state index in [1.165, 1.54) is 0 Å². The van der Waals surface area contributed by atoms with E-state index >= 15 is 0 Å². The maximum Gasteiger partial charge on any atom is 0.257 e. The SMILES string of the molecule is CC[C@@H](C(=O)N(Cc1cc(NC(=O)c2ccccc2Cl)ccc1N(C)C)CC(C)C)c1ccccc1. The second kappa shape index (κ2) is 12.6. The van der Waals surface area contributed by atoms with Crippen LogP contribution < -0.4 is 10.2 Å². The van der Waals surface area contributed by atoms with Gasteiger partial charge < -0.3 is 15.1 Å². The second-order valence-electron chi connectivity index (χ2n) is 9.66. The summed E-state index contributed by atoms with van der Waals surface area (Å²) in [6.07, 6.45) is 0.728. The number of carbonyl (C=O) groups excluding carboxylic acids is 2. The van der Waals surface area contributed by atoms with Crippen molar-refractivity contribution in [2.75, 3.05) is 30.9 Å². The summed E-state index contributed by atoms with van der Waals surface area (Å²) in [5.41, 5.74) is 4.08. The van der Waals surface area contributed by atoms with Crippen LogP contribution in [0.5, 0.6) is 0 Å². The van der Waals surface area contributed by atoms with Crippen LogP contribution in [0.15, 0.2) is 72.8 Å². The van der Waals surface area contributed by atoms with E-state index in [2.05, 4.69) is 26.1 Å². The molecule has 0 unspecified atom stereocenters. The van der Waals surface area contributed by atoms with Gasteiger partial charge in [-0.15, -0.1) is 0 Å². The number of halogens is 1. The molecule has 5 nitrogen and oxygen atoms in total. The lowest BCUT2D eigenvalue weighted by Crippen LogP contribution is -2.37. The Kier molecular flexibility index (Phi) is 9.54. The smallest absolute Gasteiger partial charge is 0.257 e. The van der Waals surface area contributed by atoms with Crippen LogP contribution >= 0.6 is 11.6 Å². The van der Waals surface area contributed by atoms with Gasteiger partial charge in [-0.05, 0) is 53.8 Å². The molecule has 0 fully saturated rings. The van der Waals surface area contributed by atoms with Crippen LogP contribution in [-0.2, 0) is 11.3 Å². The highest BCUT2D eigenvalue weighted by molar-refractivity contribution is 6.34. The number of rotatable bonds is 10. The van der Waals surface area contributed by atoms with E-state index in [0.29, 0.717) is 35.3 Å². The molecule has 0 aliphatic heterocycles. The van der Waals surface area contributed by atoms with Crippen molar-refractivity contribution in [1.29, 1.82) is 0 Å². The zero-order chi connectivity index (χ0) is 26.2. The fraction of sp³-hybridized carbons (Fsp3) is 0.333. The predicted molar refractivity (Wildman–Crippen MR) is 150 cm³/mol. The summed E-state index contributed by atoms with van der Waals surface area (Å²) in [5, 5.41) is 3.37. The molecule has 3 rings (SSSR count). The average molecular weight is 506 g/mol. The normalized spacial score (nSPS) is 11.8. The quantitative estimate of drug-likeness (QED) is 0.328. The highest BCUT2D eigenvalue weighted by Gasteiger charge is 2.26. The Hall–Kier alpha value is -3.31. The van der Waals surface area contributed by atoms with Crippen molar-refractivity contribution in [2.45, 2.75) is 39.7 Å². The van der Waals surface area contributed by atoms with E-state index in [9.17, 15) is 9.59 Å². The first kappa shape index (κ1) is 27.3. The van der Waals surface area contributed by atoms with Gasteiger partial charge in [0.05, 0.1) is 16.5 Å². The second-order valence-corrected chi connectivity index (χ2v) is 10.1. The fourth-order valence-corrected chi connectivity index (χ4v) is 4.63. The first-order valence-electron chi connectivity index (χ1n) is 12.4. The molecule has 3 aromatic carbocycles. The fourth-order valence-electron chi connectivity index (χ4n) is 4.41. The van der Waals surface area contributed by atoms with Gasteiger partial charge in [-0.1, -0.05) is 74.8 Å². The molecule has 190 valence electrons. The summed E-state index contributed by atoms with van der Waals surface area (Å²) in [4.78, 5) is 30.6. The van der Waals surface area contributed by atoms with Gasteiger partial charge in [-0.3, -0.25) is 9.59 Å². The molecule has 0 aromatic heterocycles. The molecule has 2 amide bonds. The van der Waals surface area contributed by atoms with Crippen LogP contribution in [0.3, 0.4) is 0 Å². The standard InChI is InChI=1S/C30H36ClN3O2/c1-6-25(22-12-8-7-9-13-22)30(36)34(19-21(2)3)20-23-18-24(16-17-28(23)33(4)5)32-29(35)26-14-10-11-15-27(26)31/h7-18,21,25H,6,19-20H2,1-5H3,(H,32,35)/t25-/m1/s1. The number of hydrogen-bond acceptors (Lipinski definition) is 3. The third-order valence-corrected chi connectivity index (χ3v) is 6.43. The van der Waals surface area contributed by atoms with Crippen molar-refractivity contribution in [3.63, 3.8) is 0 Å². The maximum absolute atomic E-state index is 13.8. The van der Waals surface area contributed by atoms with Gasteiger partial charge in [0.15, 0.2) is 0 Å². The van der Waals surface area contributed by atoms with Gasteiger partial charge in [-0.25, -0.2) is 0 Å². The Bertz CT molecular complexity index is 1180. The number of hydrogen-bond donors (Lipinski definition) is 1. The van der Waals surface area contributed by atoms with Crippen molar-refractivity contribution in [3.8, 4) is 0 Å². The Labute approximate surface area is 220 Å². The number of anilines is 2. The summed E-state index contributed by atoms with van der Waals surface area (Å²) < 4.78 is 0. The summed E-state index contributed by atoms with van der Waals surface area (Å²) in [7, 11) is 3.96. The highest BCUT2D eigenvalue weighted by Crippen LogP contribution is 2.29. The molecule has 0 aliphatic carbocycles. The number of carbonyl (C=O) groups is 2.